The second-order valence-electron chi connectivity index (χ2n) is 3.51. The molecule has 2 rings (SSSR count). The van der Waals surface area contributed by atoms with Crippen molar-refractivity contribution in [3.05, 3.63) is 53.8 Å². The van der Waals surface area contributed by atoms with E-state index in [1.807, 2.05) is 12.1 Å². The van der Waals surface area contributed by atoms with Crippen molar-refractivity contribution >= 4 is 0 Å². The minimum absolute atomic E-state index is 0.197. The van der Waals surface area contributed by atoms with Crippen molar-refractivity contribution in [1.29, 1.82) is 0 Å². The molecule has 0 aliphatic heterocycles. The lowest BCUT2D eigenvalue weighted by Gasteiger charge is -2.03. The predicted molar refractivity (Wildman–Crippen MR) is 58.2 cm³/mol. The Labute approximate surface area is 87.8 Å². The molecular formula is C13H11FO. The number of halogens is 1. The third kappa shape index (κ3) is 1.99. The molecule has 0 spiro atoms. The summed E-state index contributed by atoms with van der Waals surface area (Å²) in [4.78, 5) is 0. The summed E-state index contributed by atoms with van der Waals surface area (Å²) in [5.74, 6) is 0.0371. The van der Waals surface area contributed by atoms with E-state index >= 15 is 0 Å². The Morgan fingerprint density at radius 3 is 2.13 bits per heavy atom. The predicted octanol–water partition coefficient (Wildman–Crippen LogP) is 3.51. The van der Waals surface area contributed by atoms with Crippen molar-refractivity contribution in [1.82, 2.24) is 0 Å². The Balaban J connectivity index is 2.45. The summed E-state index contributed by atoms with van der Waals surface area (Å²) in [6, 6.07) is 11.8. The standard InChI is InChI=1S/C13H11FO/c1-9-8-11(4-7-13(9)14)10-2-5-12(15)6-3-10/h2-8,15H,1H3. The van der Waals surface area contributed by atoms with E-state index < -0.39 is 0 Å². The summed E-state index contributed by atoms with van der Waals surface area (Å²) in [6.45, 7) is 1.74. The molecule has 0 aromatic heterocycles. The molecule has 1 nitrogen and oxygen atoms in total. The maximum atomic E-state index is 13.0. The van der Waals surface area contributed by atoms with E-state index in [0.717, 1.165) is 11.1 Å². The molecule has 0 saturated carbocycles. The molecule has 1 N–H and O–H groups in total. The SMILES string of the molecule is Cc1cc(-c2ccc(O)cc2)ccc1F. The van der Waals surface area contributed by atoms with Gasteiger partial charge in [-0.2, -0.15) is 0 Å². The molecule has 0 saturated heterocycles. The van der Waals surface area contributed by atoms with Crippen LogP contribution in [0, 0.1) is 12.7 Å². The van der Waals surface area contributed by atoms with Gasteiger partial charge in [-0.05, 0) is 47.9 Å². The van der Waals surface area contributed by atoms with Crippen LogP contribution in [0.25, 0.3) is 11.1 Å². The lowest BCUT2D eigenvalue weighted by Crippen LogP contribution is -1.83. The topological polar surface area (TPSA) is 20.2 Å². The molecule has 0 heterocycles. The fourth-order valence-electron chi connectivity index (χ4n) is 1.48. The first-order chi connectivity index (χ1) is 7.16. The van der Waals surface area contributed by atoms with Crippen LogP contribution in [0.2, 0.25) is 0 Å². The normalized spacial score (nSPS) is 10.3. The maximum absolute atomic E-state index is 13.0. The van der Waals surface area contributed by atoms with Crippen LogP contribution in [0.15, 0.2) is 42.5 Å². The number of rotatable bonds is 1. The Bertz CT molecular complexity index is 474. The molecule has 0 atom stereocenters. The molecule has 0 radical (unpaired) electrons. The summed E-state index contributed by atoms with van der Waals surface area (Å²) in [5, 5.41) is 9.14. The summed E-state index contributed by atoms with van der Waals surface area (Å²) >= 11 is 0. The monoisotopic (exact) mass is 202 g/mol. The van der Waals surface area contributed by atoms with Crippen LogP contribution in [-0.2, 0) is 0 Å². The Morgan fingerprint density at radius 1 is 0.933 bits per heavy atom. The van der Waals surface area contributed by atoms with Crippen LogP contribution in [0.1, 0.15) is 5.56 Å². The zero-order valence-corrected chi connectivity index (χ0v) is 8.37. The van der Waals surface area contributed by atoms with E-state index in [2.05, 4.69) is 0 Å². The van der Waals surface area contributed by atoms with Gasteiger partial charge in [0.25, 0.3) is 0 Å². The van der Waals surface area contributed by atoms with Crippen molar-refractivity contribution in [3.63, 3.8) is 0 Å². The molecule has 0 amide bonds. The minimum atomic E-state index is -0.197. The fourth-order valence-corrected chi connectivity index (χ4v) is 1.48. The third-order valence-corrected chi connectivity index (χ3v) is 2.36. The zero-order chi connectivity index (χ0) is 10.8. The lowest BCUT2D eigenvalue weighted by molar-refractivity contribution is 0.475. The van der Waals surface area contributed by atoms with Gasteiger partial charge in [0.15, 0.2) is 0 Å². The molecule has 76 valence electrons. The van der Waals surface area contributed by atoms with E-state index in [-0.39, 0.29) is 11.6 Å². The summed E-state index contributed by atoms with van der Waals surface area (Å²) < 4.78 is 13.0. The van der Waals surface area contributed by atoms with Gasteiger partial charge in [0, 0.05) is 0 Å². The fraction of sp³-hybridized carbons (Fsp3) is 0.0769. The van der Waals surface area contributed by atoms with Crippen molar-refractivity contribution in [2.24, 2.45) is 0 Å². The summed E-state index contributed by atoms with van der Waals surface area (Å²) in [7, 11) is 0. The van der Waals surface area contributed by atoms with Crippen LogP contribution >= 0.6 is 0 Å². The van der Waals surface area contributed by atoms with E-state index in [1.54, 1.807) is 31.2 Å². The lowest BCUT2D eigenvalue weighted by atomic mass is 10.0. The Kier molecular flexibility index (Phi) is 2.42. The molecule has 2 aromatic carbocycles. The summed E-state index contributed by atoms with van der Waals surface area (Å²) in [5.41, 5.74) is 2.55. The molecule has 15 heavy (non-hydrogen) atoms. The molecular weight excluding hydrogens is 191 g/mol. The van der Waals surface area contributed by atoms with Gasteiger partial charge in [-0.25, -0.2) is 4.39 Å². The van der Waals surface area contributed by atoms with Crippen LogP contribution < -0.4 is 0 Å². The van der Waals surface area contributed by atoms with Gasteiger partial charge in [-0.3, -0.25) is 0 Å². The first kappa shape index (κ1) is 9.71. The number of aromatic hydroxyl groups is 1. The highest BCUT2D eigenvalue weighted by molar-refractivity contribution is 5.64. The highest BCUT2D eigenvalue weighted by Gasteiger charge is 2.01. The largest absolute Gasteiger partial charge is 0.508 e. The molecule has 0 aliphatic carbocycles. The van der Waals surface area contributed by atoms with Crippen LogP contribution in [0.5, 0.6) is 5.75 Å². The maximum Gasteiger partial charge on any atom is 0.126 e. The van der Waals surface area contributed by atoms with E-state index in [4.69, 9.17) is 5.11 Å². The third-order valence-electron chi connectivity index (χ3n) is 2.36. The van der Waals surface area contributed by atoms with Gasteiger partial charge in [-0.15, -0.1) is 0 Å². The quantitative estimate of drug-likeness (QED) is 0.750. The number of aryl methyl sites for hydroxylation is 1. The highest BCUT2D eigenvalue weighted by atomic mass is 19.1. The van der Waals surface area contributed by atoms with E-state index in [1.165, 1.54) is 6.07 Å². The Hall–Kier alpha value is -1.83. The smallest absolute Gasteiger partial charge is 0.126 e. The van der Waals surface area contributed by atoms with Gasteiger partial charge >= 0.3 is 0 Å². The first-order valence-electron chi connectivity index (χ1n) is 4.72. The molecule has 0 aliphatic rings. The number of phenolic OH excluding ortho intramolecular Hbond substituents is 1. The van der Waals surface area contributed by atoms with Gasteiger partial charge in [0.2, 0.25) is 0 Å². The zero-order valence-electron chi connectivity index (χ0n) is 8.37. The summed E-state index contributed by atoms with van der Waals surface area (Å²) in [6.07, 6.45) is 0. The van der Waals surface area contributed by atoms with Crippen molar-refractivity contribution in [3.8, 4) is 16.9 Å². The number of phenols is 1. The number of benzene rings is 2. The van der Waals surface area contributed by atoms with Gasteiger partial charge < -0.3 is 5.11 Å². The van der Waals surface area contributed by atoms with Crippen LogP contribution in [0.4, 0.5) is 4.39 Å². The highest BCUT2D eigenvalue weighted by Crippen LogP contribution is 2.23. The second-order valence-corrected chi connectivity index (χ2v) is 3.51. The molecule has 2 aromatic rings. The van der Waals surface area contributed by atoms with Crippen molar-refractivity contribution in [2.45, 2.75) is 6.92 Å². The number of hydrogen-bond acceptors (Lipinski definition) is 1. The molecule has 0 bridgehead atoms. The van der Waals surface area contributed by atoms with E-state index in [0.29, 0.717) is 5.56 Å². The van der Waals surface area contributed by atoms with Gasteiger partial charge in [-0.1, -0.05) is 18.2 Å². The molecule has 0 unspecified atom stereocenters. The molecule has 2 heteroatoms. The van der Waals surface area contributed by atoms with Crippen molar-refractivity contribution in [2.75, 3.05) is 0 Å². The van der Waals surface area contributed by atoms with Crippen LogP contribution in [0.3, 0.4) is 0 Å². The Morgan fingerprint density at radius 2 is 1.53 bits per heavy atom. The van der Waals surface area contributed by atoms with E-state index in [9.17, 15) is 4.39 Å². The second kappa shape index (κ2) is 3.73. The van der Waals surface area contributed by atoms with Crippen molar-refractivity contribution < 1.29 is 9.50 Å². The molecule has 0 fully saturated rings. The number of hydrogen-bond donors (Lipinski definition) is 1. The minimum Gasteiger partial charge on any atom is -0.508 e. The van der Waals surface area contributed by atoms with Crippen LogP contribution in [-0.4, -0.2) is 5.11 Å². The van der Waals surface area contributed by atoms with Gasteiger partial charge in [0.05, 0.1) is 0 Å². The first-order valence-corrected chi connectivity index (χ1v) is 4.72. The average Bonchev–Trinajstić information content (AvgIpc) is 2.23. The average molecular weight is 202 g/mol. The van der Waals surface area contributed by atoms with Gasteiger partial charge in [0.1, 0.15) is 11.6 Å².